The number of carbonyl (C=O) groups is 1. The summed E-state index contributed by atoms with van der Waals surface area (Å²) in [7, 11) is -4.05. The van der Waals surface area contributed by atoms with Gasteiger partial charge in [0.15, 0.2) is 6.29 Å². The second-order valence-corrected chi connectivity index (χ2v) is 12.0. The number of nitrogens with one attached hydrogen (secondary N) is 1. The molecule has 0 bridgehead atoms. The van der Waals surface area contributed by atoms with Gasteiger partial charge in [0.1, 0.15) is 11.8 Å². The molecule has 5 atom stereocenters. The van der Waals surface area contributed by atoms with Crippen LogP contribution in [0.3, 0.4) is 0 Å². The maximum atomic E-state index is 13.5. The van der Waals surface area contributed by atoms with E-state index in [2.05, 4.69) is 5.32 Å². The zero-order chi connectivity index (χ0) is 27.5. The third-order valence-corrected chi connectivity index (χ3v) is 8.93. The van der Waals surface area contributed by atoms with Crippen molar-refractivity contribution in [2.24, 2.45) is 11.7 Å². The second-order valence-electron chi connectivity index (χ2n) is 10.1. The van der Waals surface area contributed by atoms with E-state index in [1.807, 2.05) is 30.3 Å². The molecule has 2 heterocycles. The largest absolute Gasteiger partial charge is 0.443 e. The molecule has 2 fully saturated rings. The van der Waals surface area contributed by atoms with Crippen LogP contribution in [0.4, 0.5) is 10.5 Å². The van der Waals surface area contributed by atoms with Crippen LogP contribution in [0.25, 0.3) is 0 Å². The molecule has 2 aliphatic heterocycles. The smallest absolute Gasteiger partial charge is 0.407 e. The van der Waals surface area contributed by atoms with Crippen molar-refractivity contribution in [1.82, 2.24) is 9.62 Å². The molecule has 6 N–H and O–H groups in total. The van der Waals surface area contributed by atoms with E-state index in [1.54, 1.807) is 13.8 Å². The second kappa shape index (κ2) is 11.6. The maximum absolute atomic E-state index is 13.5. The summed E-state index contributed by atoms with van der Waals surface area (Å²) >= 11 is 0. The number of alkyl carbamates (subject to hydrolysis) is 1. The number of rotatable bonds is 10. The molecule has 2 aromatic rings. The average molecular weight is 549 g/mol. The standard InChI is InChI=1S/C26H36N4O7S/c1-17(2)30(38(33,34)20-10-8-19(27)9-11-20)16-26(28,32)23(14-18-6-4-3-5-7-18)29-25(31)37-22-15-36-24-21(22)12-13-35-24/h3-11,17,21-24,32H,12-16,27-28H2,1-2H3,(H,29,31). The lowest BCUT2D eigenvalue weighted by molar-refractivity contribution is -0.0907. The van der Waals surface area contributed by atoms with Crippen molar-refractivity contribution >= 4 is 21.8 Å². The van der Waals surface area contributed by atoms with Gasteiger partial charge in [0, 0.05) is 11.7 Å². The minimum atomic E-state index is -4.05. The van der Waals surface area contributed by atoms with Gasteiger partial charge in [0.2, 0.25) is 10.0 Å². The molecule has 0 spiro atoms. The number of benzene rings is 2. The Morgan fingerprint density at radius 1 is 1.18 bits per heavy atom. The molecule has 0 saturated carbocycles. The molecule has 11 nitrogen and oxygen atoms in total. The molecule has 38 heavy (non-hydrogen) atoms. The van der Waals surface area contributed by atoms with E-state index in [-0.39, 0.29) is 23.8 Å². The number of nitrogens with zero attached hydrogens (tertiary/aromatic N) is 1. The van der Waals surface area contributed by atoms with Gasteiger partial charge in [-0.15, -0.1) is 0 Å². The van der Waals surface area contributed by atoms with E-state index >= 15 is 0 Å². The number of ether oxygens (including phenoxy) is 3. The zero-order valence-electron chi connectivity index (χ0n) is 21.5. The average Bonchev–Trinajstić information content (AvgIpc) is 3.48. The van der Waals surface area contributed by atoms with E-state index in [0.717, 1.165) is 9.87 Å². The SMILES string of the molecule is CC(C)N(CC(N)(O)C(Cc1ccccc1)NC(=O)OC1COC2OCCC12)S(=O)(=O)c1ccc(N)cc1. The first-order chi connectivity index (χ1) is 18.0. The van der Waals surface area contributed by atoms with E-state index in [0.29, 0.717) is 18.7 Å². The summed E-state index contributed by atoms with van der Waals surface area (Å²) in [4.78, 5) is 13.0. The first-order valence-corrected chi connectivity index (χ1v) is 14.0. The molecular weight excluding hydrogens is 512 g/mol. The molecule has 12 heteroatoms. The van der Waals surface area contributed by atoms with Crippen LogP contribution < -0.4 is 16.8 Å². The van der Waals surface area contributed by atoms with Gasteiger partial charge in [-0.3, -0.25) is 0 Å². The van der Waals surface area contributed by atoms with Crippen LogP contribution in [-0.4, -0.2) is 73.9 Å². The molecule has 0 aromatic heterocycles. The van der Waals surface area contributed by atoms with Crippen molar-refractivity contribution in [3.8, 4) is 0 Å². The number of aliphatic hydroxyl groups is 1. The van der Waals surface area contributed by atoms with Gasteiger partial charge in [-0.05, 0) is 56.5 Å². The zero-order valence-corrected chi connectivity index (χ0v) is 22.3. The quantitative estimate of drug-likeness (QED) is 0.254. The fourth-order valence-corrected chi connectivity index (χ4v) is 6.43. The molecular formula is C26H36N4O7S. The molecule has 2 saturated heterocycles. The Balaban J connectivity index is 1.55. The van der Waals surface area contributed by atoms with Crippen molar-refractivity contribution < 1.29 is 32.5 Å². The van der Waals surface area contributed by atoms with Crippen molar-refractivity contribution in [2.75, 3.05) is 25.5 Å². The summed E-state index contributed by atoms with van der Waals surface area (Å²) in [5.74, 6) is -0.0634. The Morgan fingerprint density at radius 3 is 2.53 bits per heavy atom. The Labute approximate surface area is 223 Å². The van der Waals surface area contributed by atoms with E-state index < -0.39 is 52.9 Å². The number of nitrogen functional groups attached to an aromatic ring is 1. The molecule has 4 rings (SSSR count). The van der Waals surface area contributed by atoms with Gasteiger partial charge in [-0.1, -0.05) is 30.3 Å². The molecule has 5 unspecified atom stereocenters. The van der Waals surface area contributed by atoms with Gasteiger partial charge < -0.3 is 36.1 Å². The van der Waals surface area contributed by atoms with Gasteiger partial charge in [0.25, 0.3) is 0 Å². The first-order valence-electron chi connectivity index (χ1n) is 12.6. The third kappa shape index (κ3) is 6.45. The van der Waals surface area contributed by atoms with Crippen molar-refractivity contribution in [3.63, 3.8) is 0 Å². The Kier molecular flexibility index (Phi) is 8.60. The lowest BCUT2D eigenvalue weighted by atomic mass is 9.96. The number of anilines is 1. The maximum Gasteiger partial charge on any atom is 0.407 e. The number of sulfonamides is 1. The molecule has 0 aliphatic carbocycles. The lowest BCUT2D eigenvalue weighted by Gasteiger charge is -2.38. The number of hydrogen-bond donors (Lipinski definition) is 4. The van der Waals surface area contributed by atoms with Crippen molar-refractivity contribution in [3.05, 3.63) is 60.2 Å². The van der Waals surface area contributed by atoms with Crippen LogP contribution >= 0.6 is 0 Å². The fourth-order valence-electron chi connectivity index (χ4n) is 4.74. The third-order valence-electron chi connectivity index (χ3n) is 6.89. The number of hydrogen-bond acceptors (Lipinski definition) is 9. The molecule has 208 valence electrons. The highest BCUT2D eigenvalue weighted by Gasteiger charge is 2.45. The summed E-state index contributed by atoms with van der Waals surface area (Å²) in [6.45, 7) is 3.61. The van der Waals surface area contributed by atoms with Gasteiger partial charge >= 0.3 is 6.09 Å². The summed E-state index contributed by atoms with van der Waals surface area (Å²) < 4.78 is 44.7. The highest BCUT2D eigenvalue weighted by Crippen LogP contribution is 2.33. The minimum Gasteiger partial charge on any atom is -0.443 e. The summed E-state index contributed by atoms with van der Waals surface area (Å²) in [5, 5.41) is 14.2. The monoisotopic (exact) mass is 548 g/mol. The molecule has 1 amide bonds. The van der Waals surface area contributed by atoms with Crippen molar-refractivity contribution in [2.45, 2.75) is 61.8 Å². The van der Waals surface area contributed by atoms with Gasteiger partial charge in [-0.25, -0.2) is 13.2 Å². The predicted octanol–water partition coefficient (Wildman–Crippen LogP) is 1.41. The van der Waals surface area contributed by atoms with Crippen LogP contribution in [-0.2, 0) is 30.7 Å². The Bertz CT molecular complexity index is 1190. The predicted molar refractivity (Wildman–Crippen MR) is 140 cm³/mol. The van der Waals surface area contributed by atoms with Crippen LogP contribution in [0.2, 0.25) is 0 Å². The van der Waals surface area contributed by atoms with E-state index in [4.69, 9.17) is 25.7 Å². The highest BCUT2D eigenvalue weighted by atomic mass is 32.2. The molecule has 2 aromatic carbocycles. The van der Waals surface area contributed by atoms with Gasteiger partial charge in [-0.2, -0.15) is 4.31 Å². The first kappa shape index (κ1) is 28.3. The lowest BCUT2D eigenvalue weighted by Crippen LogP contribution is -2.65. The van der Waals surface area contributed by atoms with Crippen molar-refractivity contribution in [1.29, 1.82) is 0 Å². The number of fused-ring (bicyclic) bond motifs is 1. The van der Waals surface area contributed by atoms with Crippen LogP contribution in [0.15, 0.2) is 59.5 Å². The summed E-state index contributed by atoms with van der Waals surface area (Å²) in [5.41, 5.74) is 11.2. The van der Waals surface area contributed by atoms with Crippen LogP contribution in [0, 0.1) is 5.92 Å². The highest BCUT2D eigenvalue weighted by molar-refractivity contribution is 7.89. The number of amides is 1. The topological polar surface area (TPSA) is 166 Å². The number of nitrogens with two attached hydrogens (primary N) is 2. The Hall–Kier alpha value is -2.74. The number of carbonyl (C=O) groups excluding carboxylic acids is 1. The normalized spacial score (nSPS) is 23.7. The fraction of sp³-hybridized carbons (Fsp3) is 0.500. The molecule has 0 radical (unpaired) electrons. The van der Waals surface area contributed by atoms with Crippen LogP contribution in [0.5, 0.6) is 0 Å². The van der Waals surface area contributed by atoms with Crippen LogP contribution in [0.1, 0.15) is 25.8 Å². The van der Waals surface area contributed by atoms with E-state index in [9.17, 15) is 18.3 Å². The Morgan fingerprint density at radius 2 is 1.87 bits per heavy atom. The summed E-state index contributed by atoms with van der Waals surface area (Å²) in [6.07, 6.45) is -0.828. The minimum absolute atomic E-state index is 0.0118. The summed E-state index contributed by atoms with van der Waals surface area (Å²) in [6, 6.07) is 13.3. The van der Waals surface area contributed by atoms with E-state index in [1.165, 1.54) is 24.3 Å². The molecule has 2 aliphatic rings. The van der Waals surface area contributed by atoms with Gasteiger partial charge in [0.05, 0.1) is 36.6 Å².